The van der Waals surface area contributed by atoms with Crippen molar-refractivity contribution in [3.8, 4) is 0 Å². The van der Waals surface area contributed by atoms with Crippen molar-refractivity contribution in [1.29, 1.82) is 0 Å². The Kier molecular flexibility index (Phi) is 5.83. The Bertz CT molecular complexity index is 1090. The zero-order chi connectivity index (χ0) is 24.2. The Morgan fingerprint density at radius 3 is 2.74 bits per heavy atom. The molecular formula is C23H32N6O5. The molecule has 0 bridgehead atoms. The number of hydrogen-bond acceptors (Lipinski definition) is 9. The topological polar surface area (TPSA) is 138 Å². The van der Waals surface area contributed by atoms with Gasteiger partial charge in [-0.25, -0.2) is 19.7 Å². The first-order chi connectivity index (χ1) is 16.1. The molecule has 2 saturated heterocycles. The van der Waals surface area contributed by atoms with Gasteiger partial charge in [0.15, 0.2) is 23.5 Å². The summed E-state index contributed by atoms with van der Waals surface area (Å²) in [5, 5.41) is 8.89. The second kappa shape index (κ2) is 8.56. The molecule has 0 radical (unpaired) electrons. The van der Waals surface area contributed by atoms with E-state index < -0.39 is 18.0 Å². The van der Waals surface area contributed by atoms with Gasteiger partial charge in [-0.05, 0) is 46.5 Å². The number of carboxylic acid groups (broad SMARTS) is 1. The van der Waals surface area contributed by atoms with Gasteiger partial charge in [-0.15, -0.1) is 0 Å². The number of carboxylic acids is 1. The third-order valence-corrected chi connectivity index (χ3v) is 6.97. The number of carbonyl (C=O) groups is 1. The number of imidazole rings is 1. The minimum absolute atomic E-state index is 0.218. The lowest BCUT2D eigenvalue weighted by Crippen LogP contribution is -2.52. The van der Waals surface area contributed by atoms with E-state index in [9.17, 15) is 4.79 Å². The standard InChI is InChI=1S/C23H32N6O5/c1-12(2)28(14-7-13(8-14)5-6-16(30)31)9-15-18-19(34-23(3,4)33-18)22(32-15)29-11-27-17-20(24)25-10-26-21(17)29/h5-6,10-15,18-19,22H,7-9H2,1-4H3,(H,30,31)(H2,24,25,26)/b6-5+/t13?,14?,15-,18-,19-,22-/m1/s1. The molecule has 34 heavy (non-hydrogen) atoms. The maximum atomic E-state index is 10.8. The number of anilines is 1. The smallest absolute Gasteiger partial charge is 0.327 e. The van der Waals surface area contributed by atoms with E-state index in [1.54, 1.807) is 12.4 Å². The van der Waals surface area contributed by atoms with Gasteiger partial charge in [0.05, 0.1) is 6.33 Å². The molecule has 3 fully saturated rings. The highest BCUT2D eigenvalue weighted by molar-refractivity contribution is 5.81. The van der Waals surface area contributed by atoms with Gasteiger partial charge >= 0.3 is 5.97 Å². The fraction of sp³-hybridized carbons (Fsp3) is 0.652. The van der Waals surface area contributed by atoms with Crippen LogP contribution in [0, 0.1) is 5.92 Å². The van der Waals surface area contributed by atoms with Gasteiger partial charge in [0, 0.05) is 24.7 Å². The molecule has 5 rings (SSSR count). The van der Waals surface area contributed by atoms with Crippen LogP contribution < -0.4 is 5.73 Å². The first-order valence-electron chi connectivity index (χ1n) is 11.7. The Morgan fingerprint density at radius 2 is 2.03 bits per heavy atom. The van der Waals surface area contributed by atoms with Gasteiger partial charge in [0.1, 0.15) is 30.2 Å². The summed E-state index contributed by atoms with van der Waals surface area (Å²) in [6.45, 7) is 8.85. The minimum atomic E-state index is -0.902. The van der Waals surface area contributed by atoms with Crippen molar-refractivity contribution in [3.63, 3.8) is 0 Å². The van der Waals surface area contributed by atoms with Crippen LogP contribution in [0.5, 0.6) is 0 Å². The Morgan fingerprint density at radius 1 is 1.29 bits per heavy atom. The number of fused-ring (bicyclic) bond motifs is 2. The fourth-order valence-electron chi connectivity index (χ4n) is 5.35. The molecule has 3 N–H and O–H groups in total. The maximum Gasteiger partial charge on any atom is 0.327 e. The number of rotatable bonds is 7. The van der Waals surface area contributed by atoms with Crippen molar-refractivity contribution in [2.24, 2.45) is 5.92 Å². The second-order valence-corrected chi connectivity index (χ2v) is 10.1. The highest BCUT2D eigenvalue weighted by atomic mass is 16.8. The summed E-state index contributed by atoms with van der Waals surface area (Å²) < 4.78 is 21.0. The fourth-order valence-corrected chi connectivity index (χ4v) is 5.35. The summed E-state index contributed by atoms with van der Waals surface area (Å²) in [5.74, 6) is -1.02. The van der Waals surface area contributed by atoms with Gasteiger partial charge in [0.25, 0.3) is 0 Å². The van der Waals surface area contributed by atoms with Gasteiger partial charge in [-0.1, -0.05) is 6.08 Å². The number of ether oxygens (including phenoxy) is 3. The summed E-state index contributed by atoms with van der Waals surface area (Å²) in [6, 6.07) is 0.661. The van der Waals surface area contributed by atoms with Crippen molar-refractivity contribution in [2.75, 3.05) is 12.3 Å². The zero-order valence-electron chi connectivity index (χ0n) is 19.9. The first-order valence-corrected chi connectivity index (χ1v) is 11.7. The summed E-state index contributed by atoms with van der Waals surface area (Å²) in [6.07, 6.45) is 6.73. The van der Waals surface area contributed by atoms with Crippen LogP contribution in [0.1, 0.15) is 46.8 Å². The SMILES string of the molecule is CC(C)N(C[C@H]1O[C@@H](n2cnc3c(N)ncnc32)[C@@H]2OC(C)(C)O[C@@H]21)C1CC(/C=C/C(=O)O)C1. The number of nitrogen functional groups attached to an aromatic ring is 1. The number of hydrogen-bond donors (Lipinski definition) is 2. The Balaban J connectivity index is 1.36. The number of nitrogens with zero attached hydrogens (tertiary/aromatic N) is 5. The molecule has 0 aromatic carbocycles. The van der Waals surface area contributed by atoms with Crippen molar-refractivity contribution in [2.45, 2.75) is 82.9 Å². The van der Waals surface area contributed by atoms with Crippen LogP contribution >= 0.6 is 0 Å². The molecule has 0 amide bonds. The molecule has 1 saturated carbocycles. The van der Waals surface area contributed by atoms with E-state index in [-0.39, 0.29) is 18.3 Å². The largest absolute Gasteiger partial charge is 0.478 e. The van der Waals surface area contributed by atoms with Gasteiger partial charge in [-0.3, -0.25) is 9.47 Å². The Labute approximate surface area is 197 Å². The summed E-state index contributed by atoms with van der Waals surface area (Å²) in [7, 11) is 0. The average Bonchev–Trinajstić information content (AvgIpc) is 3.37. The van der Waals surface area contributed by atoms with Crippen LogP contribution in [0.25, 0.3) is 11.2 Å². The molecule has 11 nitrogen and oxygen atoms in total. The predicted octanol–water partition coefficient (Wildman–Crippen LogP) is 1.96. The van der Waals surface area contributed by atoms with E-state index in [4.69, 9.17) is 25.1 Å². The zero-order valence-corrected chi connectivity index (χ0v) is 19.9. The van der Waals surface area contributed by atoms with E-state index in [0.29, 0.717) is 41.5 Å². The van der Waals surface area contributed by atoms with E-state index in [1.807, 2.05) is 18.4 Å². The molecule has 1 aliphatic carbocycles. The van der Waals surface area contributed by atoms with Crippen LogP contribution in [0.15, 0.2) is 24.8 Å². The van der Waals surface area contributed by atoms with E-state index in [0.717, 1.165) is 12.8 Å². The van der Waals surface area contributed by atoms with Crippen molar-refractivity contribution >= 4 is 23.0 Å². The van der Waals surface area contributed by atoms with Crippen molar-refractivity contribution < 1.29 is 24.1 Å². The summed E-state index contributed by atoms with van der Waals surface area (Å²) >= 11 is 0. The third kappa shape index (κ3) is 4.17. The van der Waals surface area contributed by atoms with Crippen LogP contribution in [0.4, 0.5) is 5.82 Å². The quantitative estimate of drug-likeness (QED) is 0.575. The molecule has 0 spiro atoms. The normalized spacial score (nSPS) is 32.6. The lowest BCUT2D eigenvalue weighted by Gasteiger charge is -2.45. The lowest BCUT2D eigenvalue weighted by atomic mass is 9.78. The van der Waals surface area contributed by atoms with Crippen LogP contribution in [-0.2, 0) is 19.0 Å². The number of nitrogens with two attached hydrogens (primary N) is 1. The van der Waals surface area contributed by atoms with Gasteiger partial charge < -0.3 is 25.1 Å². The molecule has 184 valence electrons. The second-order valence-electron chi connectivity index (χ2n) is 10.1. The van der Waals surface area contributed by atoms with Crippen molar-refractivity contribution in [1.82, 2.24) is 24.4 Å². The average molecular weight is 473 g/mol. The summed E-state index contributed by atoms with van der Waals surface area (Å²) in [5.41, 5.74) is 7.11. The first kappa shape index (κ1) is 23.2. The molecule has 2 aromatic rings. The van der Waals surface area contributed by atoms with Crippen molar-refractivity contribution in [3.05, 3.63) is 24.8 Å². The van der Waals surface area contributed by atoms with Gasteiger partial charge in [0.2, 0.25) is 0 Å². The van der Waals surface area contributed by atoms with Crippen LogP contribution in [-0.4, -0.2) is 78.2 Å². The predicted molar refractivity (Wildman–Crippen MR) is 123 cm³/mol. The highest BCUT2D eigenvalue weighted by Crippen LogP contribution is 2.45. The van der Waals surface area contributed by atoms with E-state index >= 15 is 0 Å². The molecule has 2 aromatic heterocycles. The summed E-state index contributed by atoms with van der Waals surface area (Å²) in [4.78, 5) is 26.0. The molecule has 4 atom stereocenters. The number of aromatic nitrogens is 4. The van der Waals surface area contributed by atoms with Crippen LogP contribution in [0.3, 0.4) is 0 Å². The van der Waals surface area contributed by atoms with E-state index in [2.05, 4.69) is 33.7 Å². The highest BCUT2D eigenvalue weighted by Gasteiger charge is 2.56. The maximum absolute atomic E-state index is 10.8. The monoisotopic (exact) mass is 472 g/mol. The molecule has 2 aliphatic heterocycles. The molecule has 4 heterocycles. The van der Waals surface area contributed by atoms with Gasteiger partial charge in [-0.2, -0.15) is 0 Å². The van der Waals surface area contributed by atoms with Crippen LogP contribution in [0.2, 0.25) is 0 Å². The third-order valence-electron chi connectivity index (χ3n) is 6.97. The molecule has 3 aliphatic rings. The molecule has 11 heteroatoms. The minimum Gasteiger partial charge on any atom is -0.478 e. The van der Waals surface area contributed by atoms with E-state index in [1.165, 1.54) is 12.4 Å². The number of aliphatic carboxylic acids is 1. The molecule has 0 unspecified atom stereocenters. The molecular weight excluding hydrogens is 440 g/mol. The number of allylic oxidation sites excluding steroid dienone is 1. The Hall–Kier alpha value is -2.60. The lowest BCUT2D eigenvalue weighted by molar-refractivity contribution is -0.199.